The fraction of sp³-hybridized carbons (Fsp3) is 0.190. The number of barbiturate groups is 1. The molecule has 0 radical (unpaired) electrons. The van der Waals surface area contributed by atoms with Gasteiger partial charge in [-0.2, -0.15) is 0 Å². The average molecular weight is 415 g/mol. The number of urea groups is 1. The molecule has 8 heteroatoms. The molecule has 1 aliphatic rings. The number of anilines is 1. The number of aromatic hydroxyl groups is 1. The molecule has 3 rings (SSSR count). The molecule has 0 aromatic heterocycles. The standard InChI is InChI=1S/C21H19ClN2O5/c1-4-29-17-10-13(9-15(22)18(17)25)8-14-19(26)23-21(28)24(20(14)27)16-6-5-11(2)7-12(16)3/h5-10,25H,4H2,1-3H3,(H,23,26,28)/b14-8-. The Labute approximate surface area is 172 Å². The van der Waals surface area contributed by atoms with Gasteiger partial charge in [0.05, 0.1) is 17.3 Å². The number of amides is 4. The van der Waals surface area contributed by atoms with E-state index in [1.165, 1.54) is 18.2 Å². The van der Waals surface area contributed by atoms with Crippen LogP contribution in [0, 0.1) is 13.8 Å². The molecule has 1 fully saturated rings. The first-order chi connectivity index (χ1) is 13.7. The molecule has 0 unspecified atom stereocenters. The zero-order chi connectivity index (χ0) is 21.3. The van der Waals surface area contributed by atoms with E-state index in [1.54, 1.807) is 26.0 Å². The monoisotopic (exact) mass is 414 g/mol. The van der Waals surface area contributed by atoms with Gasteiger partial charge in [-0.1, -0.05) is 29.3 Å². The Kier molecular flexibility index (Phi) is 5.61. The third-order valence-corrected chi connectivity index (χ3v) is 4.64. The van der Waals surface area contributed by atoms with Gasteiger partial charge in [-0.05, 0) is 56.2 Å². The fourth-order valence-electron chi connectivity index (χ4n) is 3.04. The topological polar surface area (TPSA) is 95.9 Å². The third-order valence-electron chi connectivity index (χ3n) is 4.36. The van der Waals surface area contributed by atoms with Gasteiger partial charge in [0.15, 0.2) is 11.5 Å². The number of phenolic OH excluding ortho intramolecular Hbond substituents is 1. The van der Waals surface area contributed by atoms with Gasteiger partial charge >= 0.3 is 6.03 Å². The second-order valence-corrected chi connectivity index (χ2v) is 6.94. The number of rotatable bonds is 4. The molecule has 0 aliphatic carbocycles. The van der Waals surface area contributed by atoms with Gasteiger partial charge in [0.1, 0.15) is 5.57 Å². The summed E-state index contributed by atoms with van der Waals surface area (Å²) in [5.74, 6) is -1.68. The Morgan fingerprint density at radius 2 is 1.90 bits per heavy atom. The predicted octanol–water partition coefficient (Wildman–Crippen LogP) is 3.73. The second-order valence-electron chi connectivity index (χ2n) is 6.53. The summed E-state index contributed by atoms with van der Waals surface area (Å²) in [6, 6.07) is 7.30. The van der Waals surface area contributed by atoms with E-state index in [1.807, 2.05) is 13.0 Å². The van der Waals surface area contributed by atoms with Gasteiger partial charge in [0.2, 0.25) is 0 Å². The predicted molar refractivity (Wildman–Crippen MR) is 109 cm³/mol. The number of ether oxygens (including phenoxy) is 1. The molecule has 0 bridgehead atoms. The lowest BCUT2D eigenvalue weighted by Crippen LogP contribution is -2.54. The molecule has 1 heterocycles. The van der Waals surface area contributed by atoms with E-state index in [-0.39, 0.29) is 28.7 Å². The Morgan fingerprint density at radius 3 is 2.55 bits per heavy atom. The summed E-state index contributed by atoms with van der Waals surface area (Å²) in [6.07, 6.45) is 1.30. The highest BCUT2D eigenvalue weighted by atomic mass is 35.5. The van der Waals surface area contributed by atoms with Crippen molar-refractivity contribution in [1.82, 2.24) is 5.32 Å². The Bertz CT molecular complexity index is 1060. The van der Waals surface area contributed by atoms with Crippen LogP contribution >= 0.6 is 11.6 Å². The lowest BCUT2D eigenvalue weighted by molar-refractivity contribution is -0.122. The lowest BCUT2D eigenvalue weighted by Gasteiger charge is -2.27. The largest absolute Gasteiger partial charge is 0.503 e. The first-order valence-corrected chi connectivity index (χ1v) is 9.24. The smallest absolute Gasteiger partial charge is 0.335 e. The van der Waals surface area contributed by atoms with E-state index >= 15 is 0 Å². The highest BCUT2D eigenvalue weighted by molar-refractivity contribution is 6.39. The molecular formula is C21H19ClN2O5. The molecule has 0 saturated carbocycles. The minimum atomic E-state index is -0.817. The SMILES string of the molecule is CCOc1cc(/C=C2/C(=O)NC(=O)N(c3ccc(C)cc3C)C2=O)cc(Cl)c1O. The van der Waals surface area contributed by atoms with Gasteiger partial charge in [-0.3, -0.25) is 14.9 Å². The highest BCUT2D eigenvalue weighted by Crippen LogP contribution is 2.36. The van der Waals surface area contributed by atoms with E-state index < -0.39 is 17.8 Å². The van der Waals surface area contributed by atoms with Crippen LogP contribution in [0.25, 0.3) is 6.08 Å². The molecule has 0 atom stereocenters. The molecular weight excluding hydrogens is 396 g/mol. The van der Waals surface area contributed by atoms with Crippen LogP contribution in [0.3, 0.4) is 0 Å². The maximum atomic E-state index is 13.0. The van der Waals surface area contributed by atoms with E-state index in [0.717, 1.165) is 10.5 Å². The van der Waals surface area contributed by atoms with Crippen LogP contribution < -0.4 is 15.0 Å². The summed E-state index contributed by atoms with van der Waals surface area (Å²) in [6.45, 7) is 5.70. The van der Waals surface area contributed by atoms with Crippen LogP contribution in [0.4, 0.5) is 10.5 Å². The number of hydrogen-bond donors (Lipinski definition) is 2. The number of carbonyl (C=O) groups excluding carboxylic acids is 3. The third kappa shape index (κ3) is 3.95. The van der Waals surface area contributed by atoms with Crippen molar-refractivity contribution in [3.63, 3.8) is 0 Å². The van der Waals surface area contributed by atoms with Crippen molar-refractivity contribution < 1.29 is 24.2 Å². The van der Waals surface area contributed by atoms with Crippen molar-refractivity contribution in [3.05, 3.63) is 57.6 Å². The molecule has 2 aromatic carbocycles. The number of imide groups is 2. The molecule has 0 spiro atoms. The minimum absolute atomic E-state index is 0.00813. The van der Waals surface area contributed by atoms with Crippen LogP contribution in [-0.4, -0.2) is 29.6 Å². The van der Waals surface area contributed by atoms with Crippen molar-refractivity contribution in [2.24, 2.45) is 0 Å². The number of carbonyl (C=O) groups is 3. The average Bonchev–Trinajstić information content (AvgIpc) is 2.64. The number of nitrogens with one attached hydrogen (secondary N) is 1. The number of hydrogen-bond acceptors (Lipinski definition) is 5. The summed E-state index contributed by atoms with van der Waals surface area (Å²) in [4.78, 5) is 38.6. The summed E-state index contributed by atoms with van der Waals surface area (Å²) in [5.41, 5.74) is 2.20. The highest BCUT2D eigenvalue weighted by Gasteiger charge is 2.37. The van der Waals surface area contributed by atoms with Crippen LogP contribution in [-0.2, 0) is 9.59 Å². The summed E-state index contributed by atoms with van der Waals surface area (Å²) < 4.78 is 5.32. The van der Waals surface area contributed by atoms with Gasteiger partial charge < -0.3 is 9.84 Å². The Morgan fingerprint density at radius 1 is 1.17 bits per heavy atom. The fourth-order valence-corrected chi connectivity index (χ4v) is 3.26. The first-order valence-electron chi connectivity index (χ1n) is 8.87. The summed E-state index contributed by atoms with van der Waals surface area (Å²) in [5, 5.41) is 12.2. The van der Waals surface area contributed by atoms with Crippen molar-refractivity contribution in [3.8, 4) is 11.5 Å². The van der Waals surface area contributed by atoms with E-state index in [4.69, 9.17) is 16.3 Å². The number of halogens is 1. The number of aryl methyl sites for hydroxylation is 2. The number of nitrogens with zero attached hydrogens (tertiary/aromatic N) is 1. The summed E-state index contributed by atoms with van der Waals surface area (Å²) in [7, 11) is 0. The normalized spacial score (nSPS) is 15.7. The van der Waals surface area contributed by atoms with Crippen LogP contribution in [0.5, 0.6) is 11.5 Å². The van der Waals surface area contributed by atoms with Crippen molar-refractivity contribution in [2.75, 3.05) is 11.5 Å². The van der Waals surface area contributed by atoms with Crippen molar-refractivity contribution in [1.29, 1.82) is 0 Å². The quantitative estimate of drug-likeness (QED) is 0.587. The lowest BCUT2D eigenvalue weighted by atomic mass is 10.0. The van der Waals surface area contributed by atoms with Gasteiger partial charge in [-0.15, -0.1) is 0 Å². The first kappa shape index (κ1) is 20.4. The van der Waals surface area contributed by atoms with E-state index in [9.17, 15) is 19.5 Å². The van der Waals surface area contributed by atoms with E-state index in [0.29, 0.717) is 16.8 Å². The van der Waals surface area contributed by atoms with Gasteiger partial charge in [-0.25, -0.2) is 9.69 Å². The maximum absolute atomic E-state index is 13.0. The van der Waals surface area contributed by atoms with Crippen LogP contribution in [0.15, 0.2) is 35.9 Å². The summed E-state index contributed by atoms with van der Waals surface area (Å²) >= 11 is 6.02. The molecule has 2 aromatic rings. The number of phenols is 1. The van der Waals surface area contributed by atoms with Crippen molar-refractivity contribution >= 4 is 41.2 Å². The minimum Gasteiger partial charge on any atom is -0.503 e. The zero-order valence-corrected chi connectivity index (χ0v) is 16.8. The molecule has 1 saturated heterocycles. The van der Waals surface area contributed by atoms with Crippen LogP contribution in [0.2, 0.25) is 5.02 Å². The number of benzene rings is 2. The molecule has 4 amide bonds. The Balaban J connectivity index is 2.06. The molecule has 150 valence electrons. The maximum Gasteiger partial charge on any atom is 0.335 e. The van der Waals surface area contributed by atoms with Gasteiger partial charge in [0, 0.05) is 0 Å². The van der Waals surface area contributed by atoms with Crippen molar-refractivity contribution in [2.45, 2.75) is 20.8 Å². The van der Waals surface area contributed by atoms with E-state index in [2.05, 4.69) is 5.32 Å². The molecule has 1 aliphatic heterocycles. The molecule has 2 N–H and O–H groups in total. The molecule has 29 heavy (non-hydrogen) atoms. The molecule has 7 nitrogen and oxygen atoms in total. The Hall–Kier alpha value is -3.32. The van der Waals surface area contributed by atoms with Crippen LogP contribution in [0.1, 0.15) is 23.6 Å². The second kappa shape index (κ2) is 7.97. The zero-order valence-electron chi connectivity index (χ0n) is 16.1. The van der Waals surface area contributed by atoms with Gasteiger partial charge in [0.25, 0.3) is 11.8 Å².